The van der Waals surface area contributed by atoms with Crippen LogP contribution in [-0.4, -0.2) is 48.6 Å². The summed E-state index contributed by atoms with van der Waals surface area (Å²) in [6.07, 6.45) is -3.82. The molecule has 0 aliphatic carbocycles. The first-order chi connectivity index (χ1) is 12.2. The molecule has 1 saturated heterocycles. The summed E-state index contributed by atoms with van der Waals surface area (Å²) in [7, 11) is 0. The Labute approximate surface area is 146 Å². The minimum atomic E-state index is -4.82. The number of ether oxygens (including phenoxy) is 1. The van der Waals surface area contributed by atoms with Crippen LogP contribution in [0, 0.1) is 0 Å². The van der Waals surface area contributed by atoms with Crippen LogP contribution in [0.2, 0.25) is 0 Å². The normalized spacial score (nSPS) is 17.3. The monoisotopic (exact) mass is 371 g/mol. The van der Waals surface area contributed by atoms with Gasteiger partial charge in [0, 0.05) is 13.1 Å². The van der Waals surface area contributed by atoms with Gasteiger partial charge in [-0.2, -0.15) is 0 Å². The first kappa shape index (κ1) is 19.3. The number of hydrogen-bond donors (Lipinski definition) is 2. The number of piperazine rings is 1. The van der Waals surface area contributed by atoms with Gasteiger partial charge in [0.25, 0.3) is 0 Å². The van der Waals surface area contributed by atoms with E-state index in [1.165, 1.54) is 17.0 Å². The zero-order valence-electron chi connectivity index (χ0n) is 13.5. The molecule has 1 aliphatic rings. The molecule has 3 amide bonds. The molecule has 2 N–H and O–H groups in total. The van der Waals surface area contributed by atoms with E-state index < -0.39 is 35.9 Å². The highest BCUT2D eigenvalue weighted by atomic mass is 19.4. The molecule has 0 spiro atoms. The molecule has 0 aromatic heterocycles. The fourth-order valence-electron chi connectivity index (χ4n) is 2.46. The number of benzene rings is 1. The lowest BCUT2D eigenvalue weighted by Crippen LogP contribution is -2.54. The SMILES string of the molecule is C=CC(=O)NCC(=O)N1CCNC(=O)C1c1ccc(OC(F)(F)F)cc1. The van der Waals surface area contributed by atoms with Gasteiger partial charge in [-0.1, -0.05) is 18.7 Å². The van der Waals surface area contributed by atoms with Gasteiger partial charge in [-0.3, -0.25) is 14.4 Å². The minimum absolute atomic E-state index is 0.194. The van der Waals surface area contributed by atoms with Crippen molar-refractivity contribution in [2.45, 2.75) is 12.4 Å². The Morgan fingerprint density at radius 1 is 1.35 bits per heavy atom. The molecular formula is C16H16F3N3O4. The summed E-state index contributed by atoms with van der Waals surface area (Å²) in [5.41, 5.74) is 0.320. The van der Waals surface area contributed by atoms with E-state index in [1.807, 2.05) is 0 Å². The standard InChI is InChI=1S/C16H16F3N3O4/c1-2-12(23)21-9-13(24)22-8-7-20-15(25)14(22)10-3-5-11(6-4-10)26-16(17,18)19/h2-6,14H,1,7-9H2,(H,20,25)(H,21,23). The molecule has 1 unspecified atom stereocenters. The lowest BCUT2D eigenvalue weighted by atomic mass is 10.0. The Morgan fingerprint density at radius 3 is 2.58 bits per heavy atom. The van der Waals surface area contributed by atoms with Crippen molar-refractivity contribution in [2.24, 2.45) is 0 Å². The van der Waals surface area contributed by atoms with Crippen molar-refractivity contribution >= 4 is 17.7 Å². The van der Waals surface area contributed by atoms with E-state index in [1.54, 1.807) is 0 Å². The summed E-state index contributed by atoms with van der Waals surface area (Å²) in [4.78, 5) is 37.0. The summed E-state index contributed by atoms with van der Waals surface area (Å²) >= 11 is 0. The van der Waals surface area contributed by atoms with Crippen LogP contribution in [0.25, 0.3) is 0 Å². The molecule has 7 nitrogen and oxygen atoms in total. The Kier molecular flexibility index (Phi) is 5.86. The van der Waals surface area contributed by atoms with Crippen LogP contribution in [0.4, 0.5) is 13.2 Å². The maximum atomic E-state index is 12.3. The van der Waals surface area contributed by atoms with E-state index >= 15 is 0 Å². The van der Waals surface area contributed by atoms with Gasteiger partial charge in [0.05, 0.1) is 6.54 Å². The second-order valence-electron chi connectivity index (χ2n) is 5.32. The van der Waals surface area contributed by atoms with E-state index in [2.05, 4.69) is 21.9 Å². The van der Waals surface area contributed by atoms with E-state index in [4.69, 9.17) is 0 Å². The van der Waals surface area contributed by atoms with Crippen LogP contribution in [0.1, 0.15) is 11.6 Å². The average Bonchev–Trinajstić information content (AvgIpc) is 2.58. The number of nitrogens with zero attached hydrogens (tertiary/aromatic N) is 1. The average molecular weight is 371 g/mol. The highest BCUT2D eigenvalue weighted by molar-refractivity contribution is 5.93. The van der Waals surface area contributed by atoms with Gasteiger partial charge in [0.1, 0.15) is 11.8 Å². The first-order valence-corrected chi connectivity index (χ1v) is 7.54. The third kappa shape index (κ3) is 4.98. The smallest absolute Gasteiger partial charge is 0.406 e. The van der Waals surface area contributed by atoms with Crippen LogP contribution >= 0.6 is 0 Å². The Morgan fingerprint density at radius 2 is 2.00 bits per heavy atom. The predicted molar refractivity (Wildman–Crippen MR) is 83.8 cm³/mol. The third-order valence-corrected chi connectivity index (χ3v) is 3.56. The second-order valence-corrected chi connectivity index (χ2v) is 5.32. The van der Waals surface area contributed by atoms with Crippen molar-refractivity contribution < 1.29 is 32.3 Å². The summed E-state index contributed by atoms with van der Waals surface area (Å²) in [5, 5.41) is 4.92. The number of rotatable bonds is 5. The number of alkyl halides is 3. The van der Waals surface area contributed by atoms with Crippen LogP contribution in [0.15, 0.2) is 36.9 Å². The molecule has 2 rings (SSSR count). The highest BCUT2D eigenvalue weighted by Crippen LogP contribution is 2.27. The molecule has 0 radical (unpaired) electrons. The maximum absolute atomic E-state index is 12.3. The molecule has 1 fully saturated rings. The largest absolute Gasteiger partial charge is 0.573 e. The van der Waals surface area contributed by atoms with Crippen LogP contribution in [0.3, 0.4) is 0 Å². The van der Waals surface area contributed by atoms with Gasteiger partial charge in [-0.05, 0) is 23.8 Å². The lowest BCUT2D eigenvalue weighted by Gasteiger charge is -2.35. The number of carbonyl (C=O) groups excluding carboxylic acids is 3. The van der Waals surface area contributed by atoms with Crippen LogP contribution in [0.5, 0.6) is 5.75 Å². The van der Waals surface area contributed by atoms with Crippen molar-refractivity contribution in [1.82, 2.24) is 15.5 Å². The topological polar surface area (TPSA) is 87.7 Å². The molecule has 0 bridgehead atoms. The first-order valence-electron chi connectivity index (χ1n) is 7.54. The van der Waals surface area contributed by atoms with Crippen molar-refractivity contribution in [2.75, 3.05) is 19.6 Å². The molecule has 1 aromatic rings. The Hall–Kier alpha value is -3.04. The molecule has 1 aliphatic heterocycles. The van der Waals surface area contributed by atoms with Crippen molar-refractivity contribution in [1.29, 1.82) is 0 Å². The molecule has 1 heterocycles. The van der Waals surface area contributed by atoms with Gasteiger partial charge in [-0.15, -0.1) is 13.2 Å². The molecule has 1 aromatic carbocycles. The molecule has 0 saturated carbocycles. The number of amides is 3. The zero-order chi connectivity index (χ0) is 19.3. The van der Waals surface area contributed by atoms with Crippen molar-refractivity contribution in [3.05, 3.63) is 42.5 Å². The molecule has 140 valence electrons. The van der Waals surface area contributed by atoms with Gasteiger partial charge < -0.3 is 20.3 Å². The predicted octanol–water partition coefficient (Wildman–Crippen LogP) is 0.887. The maximum Gasteiger partial charge on any atom is 0.573 e. The molecule has 10 heteroatoms. The van der Waals surface area contributed by atoms with E-state index in [9.17, 15) is 27.6 Å². The van der Waals surface area contributed by atoms with E-state index in [-0.39, 0.29) is 19.6 Å². The zero-order valence-corrected chi connectivity index (χ0v) is 13.5. The quantitative estimate of drug-likeness (QED) is 0.753. The Bertz CT molecular complexity index is 704. The molecule has 1 atom stereocenters. The minimum Gasteiger partial charge on any atom is -0.406 e. The summed E-state index contributed by atoms with van der Waals surface area (Å²) in [6.45, 7) is 3.36. The number of carbonyl (C=O) groups is 3. The van der Waals surface area contributed by atoms with Gasteiger partial charge in [0.15, 0.2) is 0 Å². The van der Waals surface area contributed by atoms with Gasteiger partial charge in [-0.25, -0.2) is 0 Å². The second kappa shape index (κ2) is 7.89. The van der Waals surface area contributed by atoms with E-state index in [0.29, 0.717) is 5.56 Å². The molecule has 26 heavy (non-hydrogen) atoms. The fraction of sp³-hybridized carbons (Fsp3) is 0.312. The van der Waals surface area contributed by atoms with Gasteiger partial charge >= 0.3 is 6.36 Å². The van der Waals surface area contributed by atoms with Crippen molar-refractivity contribution in [3.8, 4) is 5.75 Å². The van der Waals surface area contributed by atoms with Crippen LogP contribution < -0.4 is 15.4 Å². The number of hydrogen-bond acceptors (Lipinski definition) is 4. The molecular weight excluding hydrogens is 355 g/mol. The number of halogens is 3. The van der Waals surface area contributed by atoms with Crippen LogP contribution in [-0.2, 0) is 14.4 Å². The summed E-state index contributed by atoms with van der Waals surface area (Å²) in [6, 6.07) is 3.66. The number of nitrogens with one attached hydrogen (secondary N) is 2. The summed E-state index contributed by atoms with van der Waals surface area (Å²) < 4.78 is 40.5. The third-order valence-electron chi connectivity index (χ3n) is 3.56. The van der Waals surface area contributed by atoms with Crippen molar-refractivity contribution in [3.63, 3.8) is 0 Å². The van der Waals surface area contributed by atoms with E-state index in [0.717, 1.165) is 18.2 Å². The van der Waals surface area contributed by atoms with Gasteiger partial charge in [0.2, 0.25) is 17.7 Å². The Balaban J connectivity index is 2.17. The fourth-order valence-corrected chi connectivity index (χ4v) is 2.46. The highest BCUT2D eigenvalue weighted by Gasteiger charge is 2.35. The lowest BCUT2D eigenvalue weighted by molar-refractivity contribution is -0.274. The summed E-state index contributed by atoms with van der Waals surface area (Å²) in [5.74, 6) is -1.95.